The molecule has 206 valence electrons. The van der Waals surface area contributed by atoms with Crippen LogP contribution in [0.3, 0.4) is 0 Å². The Morgan fingerprint density at radius 3 is 2.18 bits per heavy atom. The number of carbonyl (C=O) groups is 3. The van der Waals surface area contributed by atoms with Crippen molar-refractivity contribution < 1.29 is 29.4 Å². The number of aliphatic hydroxyl groups excluding tert-OH is 2. The Balaban J connectivity index is 1.96. The van der Waals surface area contributed by atoms with Crippen LogP contribution in [-0.4, -0.2) is 52.8 Å². The number of allylic oxidation sites excluding steroid dienone is 1. The predicted octanol–water partition coefficient (Wildman–Crippen LogP) is 3.43. The number of nitrogens with two attached hydrogens (primary N) is 1. The van der Waals surface area contributed by atoms with Gasteiger partial charge in [0.05, 0.1) is 18.2 Å². The predicted molar refractivity (Wildman–Crippen MR) is 148 cm³/mol. The van der Waals surface area contributed by atoms with E-state index < -0.39 is 23.5 Å². The van der Waals surface area contributed by atoms with E-state index in [2.05, 4.69) is 17.1 Å². The molecule has 39 heavy (non-hydrogen) atoms. The maximum absolute atomic E-state index is 13.7. The Hall–Kier alpha value is -4.44. The van der Waals surface area contributed by atoms with E-state index >= 15 is 0 Å². The molecule has 1 aliphatic heterocycles. The largest absolute Gasteiger partial charge is 0.503 e. The zero-order valence-corrected chi connectivity index (χ0v) is 22.3. The molecule has 0 bridgehead atoms. The van der Waals surface area contributed by atoms with Crippen LogP contribution in [0.5, 0.6) is 0 Å². The van der Waals surface area contributed by atoms with Crippen LogP contribution in [-0.2, 0) is 9.63 Å². The maximum Gasteiger partial charge on any atom is 0.294 e. The number of hydrogen-bond acceptors (Lipinski definition) is 7. The van der Waals surface area contributed by atoms with E-state index in [-0.39, 0.29) is 41.9 Å². The normalized spacial score (nSPS) is 15.6. The van der Waals surface area contributed by atoms with Crippen LogP contribution < -0.4 is 16.0 Å². The highest BCUT2D eigenvalue weighted by molar-refractivity contribution is 6.21. The molecular weight excluding hydrogens is 500 g/mol. The van der Waals surface area contributed by atoms with Crippen LogP contribution in [0.1, 0.15) is 59.9 Å². The highest BCUT2D eigenvalue weighted by Gasteiger charge is 2.46. The van der Waals surface area contributed by atoms with Gasteiger partial charge in [-0.2, -0.15) is 0 Å². The summed E-state index contributed by atoms with van der Waals surface area (Å²) in [6.45, 7) is 9.09. The summed E-state index contributed by atoms with van der Waals surface area (Å²) in [5, 5.41) is 26.2. The smallest absolute Gasteiger partial charge is 0.294 e. The van der Waals surface area contributed by atoms with Gasteiger partial charge in [-0.1, -0.05) is 50.6 Å². The number of benzene rings is 2. The molecule has 5 N–H and O–H groups in total. The average Bonchev–Trinajstić information content (AvgIpc) is 3.20. The zero-order valence-electron chi connectivity index (χ0n) is 22.3. The van der Waals surface area contributed by atoms with Crippen molar-refractivity contribution in [2.75, 3.05) is 18.1 Å². The number of anilines is 1. The highest BCUT2D eigenvalue weighted by Crippen LogP contribution is 2.38. The Bertz CT molecular complexity index is 1290. The number of oxime groups is 1. The van der Waals surface area contributed by atoms with Gasteiger partial charge in [-0.05, 0) is 49.2 Å². The molecule has 0 aliphatic carbocycles. The molecule has 10 heteroatoms. The summed E-state index contributed by atoms with van der Waals surface area (Å²) in [5.41, 5.74) is 7.58. The molecule has 3 rings (SSSR count). The van der Waals surface area contributed by atoms with E-state index in [1.54, 1.807) is 31.2 Å². The fourth-order valence-corrected chi connectivity index (χ4v) is 4.50. The molecule has 0 radical (unpaired) electrons. The number of Topliss-reactive ketones (excluding diaryl/α,β-unsaturated/α-hetero) is 1. The Morgan fingerprint density at radius 1 is 1.08 bits per heavy atom. The first-order chi connectivity index (χ1) is 18.6. The number of amides is 2. The molecule has 1 heterocycles. The minimum Gasteiger partial charge on any atom is -0.503 e. The standard InChI is InChI=1S/C29H34N4O6/c1-5-18(6-2)24-23(25(35)19-7-9-21(10-8-19)28(37)31-15-16-34)26(36)29(38)33(24)22-13-11-20(12-14-22)27(30)32-39-17(3)4/h7-14,18,24,34,36H,3,5-6,15-16H2,1-2,4H3,(H2,30,32)(H,31,37). The average molecular weight is 535 g/mol. The summed E-state index contributed by atoms with van der Waals surface area (Å²) in [7, 11) is 0. The summed E-state index contributed by atoms with van der Waals surface area (Å²) in [4.78, 5) is 45.6. The lowest BCUT2D eigenvalue weighted by molar-refractivity contribution is -0.117. The molecule has 1 atom stereocenters. The number of ketones is 1. The van der Waals surface area contributed by atoms with Gasteiger partial charge in [-0.15, -0.1) is 0 Å². The van der Waals surface area contributed by atoms with Gasteiger partial charge in [0, 0.05) is 28.9 Å². The minimum atomic E-state index is -0.698. The molecule has 0 saturated carbocycles. The van der Waals surface area contributed by atoms with Crippen molar-refractivity contribution in [2.24, 2.45) is 16.8 Å². The molecule has 2 amide bonds. The third-order valence-electron chi connectivity index (χ3n) is 6.54. The lowest BCUT2D eigenvalue weighted by Gasteiger charge is -2.32. The van der Waals surface area contributed by atoms with E-state index in [9.17, 15) is 19.5 Å². The molecule has 0 saturated heterocycles. The number of nitrogens with zero attached hydrogens (tertiary/aromatic N) is 2. The summed E-state index contributed by atoms with van der Waals surface area (Å²) in [6.07, 6.45) is 1.32. The molecule has 0 spiro atoms. The van der Waals surface area contributed by atoms with Crippen LogP contribution in [0.15, 0.2) is 77.4 Å². The van der Waals surface area contributed by atoms with Crippen LogP contribution >= 0.6 is 0 Å². The van der Waals surface area contributed by atoms with Crippen LogP contribution in [0, 0.1) is 5.92 Å². The molecule has 0 fully saturated rings. The van der Waals surface area contributed by atoms with Gasteiger partial charge in [0.1, 0.15) is 5.76 Å². The molecule has 2 aromatic carbocycles. The number of rotatable bonds is 12. The molecule has 10 nitrogen and oxygen atoms in total. The summed E-state index contributed by atoms with van der Waals surface area (Å²) in [5.74, 6) is -1.76. The van der Waals surface area contributed by atoms with Crippen LogP contribution in [0.25, 0.3) is 0 Å². The van der Waals surface area contributed by atoms with E-state index in [1.807, 2.05) is 13.8 Å². The summed E-state index contributed by atoms with van der Waals surface area (Å²) in [6, 6.07) is 11.9. The van der Waals surface area contributed by atoms with Crippen LogP contribution in [0.2, 0.25) is 0 Å². The van der Waals surface area contributed by atoms with Crippen molar-refractivity contribution in [1.82, 2.24) is 5.32 Å². The Kier molecular flexibility index (Phi) is 9.62. The maximum atomic E-state index is 13.7. The number of hydrogen-bond donors (Lipinski definition) is 4. The second-order valence-corrected chi connectivity index (χ2v) is 9.16. The third-order valence-corrected chi connectivity index (χ3v) is 6.54. The van der Waals surface area contributed by atoms with Crippen LogP contribution in [0.4, 0.5) is 5.69 Å². The van der Waals surface area contributed by atoms with Gasteiger partial charge in [0.15, 0.2) is 17.4 Å². The monoisotopic (exact) mass is 534 g/mol. The number of carbonyl (C=O) groups excluding carboxylic acids is 3. The first kappa shape index (κ1) is 29.1. The molecule has 0 aromatic heterocycles. The number of nitrogens with one attached hydrogen (secondary N) is 1. The lowest BCUT2D eigenvalue weighted by atomic mass is 9.85. The molecular formula is C29H34N4O6. The van der Waals surface area contributed by atoms with Gasteiger partial charge in [0.2, 0.25) is 0 Å². The SMILES string of the molecule is C=C(C)O/N=C(\N)c1ccc(N2C(=O)C(O)=C(C(=O)c3ccc(C(=O)NCCO)cc3)C2C(CC)CC)cc1. The van der Waals surface area contributed by atoms with Gasteiger partial charge < -0.3 is 26.1 Å². The Morgan fingerprint density at radius 2 is 1.64 bits per heavy atom. The molecule has 2 aromatic rings. The Labute approximate surface area is 227 Å². The van der Waals surface area contributed by atoms with Crippen molar-refractivity contribution in [1.29, 1.82) is 0 Å². The lowest BCUT2D eigenvalue weighted by Crippen LogP contribution is -2.42. The van der Waals surface area contributed by atoms with Gasteiger partial charge >= 0.3 is 0 Å². The zero-order chi connectivity index (χ0) is 28.7. The first-order valence-corrected chi connectivity index (χ1v) is 12.7. The first-order valence-electron chi connectivity index (χ1n) is 12.7. The topological polar surface area (TPSA) is 155 Å². The van der Waals surface area contributed by atoms with Crippen molar-refractivity contribution in [3.05, 3.63) is 88.9 Å². The molecule has 1 unspecified atom stereocenters. The van der Waals surface area contributed by atoms with Gasteiger partial charge in [-0.3, -0.25) is 19.3 Å². The fourth-order valence-electron chi connectivity index (χ4n) is 4.50. The summed E-state index contributed by atoms with van der Waals surface area (Å²) < 4.78 is 0. The van der Waals surface area contributed by atoms with Crippen molar-refractivity contribution in [3.8, 4) is 0 Å². The van der Waals surface area contributed by atoms with Gasteiger partial charge in [-0.25, -0.2) is 0 Å². The number of amidine groups is 1. The highest BCUT2D eigenvalue weighted by atomic mass is 16.6. The van der Waals surface area contributed by atoms with E-state index in [4.69, 9.17) is 15.7 Å². The fraction of sp³-hybridized carbons (Fsp3) is 0.310. The summed E-state index contributed by atoms with van der Waals surface area (Å²) >= 11 is 0. The van der Waals surface area contributed by atoms with Crippen molar-refractivity contribution >= 4 is 29.1 Å². The quantitative estimate of drug-likeness (QED) is 0.107. The van der Waals surface area contributed by atoms with E-state index in [0.717, 1.165) is 0 Å². The minimum absolute atomic E-state index is 0.0196. The van der Waals surface area contributed by atoms with E-state index in [0.29, 0.717) is 35.4 Å². The third kappa shape index (κ3) is 6.35. The second kappa shape index (κ2) is 12.9. The number of aliphatic hydroxyl groups is 2. The molecule has 1 aliphatic rings. The second-order valence-electron chi connectivity index (χ2n) is 9.16. The van der Waals surface area contributed by atoms with Crippen molar-refractivity contribution in [2.45, 2.75) is 39.7 Å². The van der Waals surface area contributed by atoms with Gasteiger partial charge in [0.25, 0.3) is 11.8 Å². The van der Waals surface area contributed by atoms with Crippen molar-refractivity contribution in [3.63, 3.8) is 0 Å². The van der Waals surface area contributed by atoms with E-state index in [1.165, 1.54) is 29.2 Å².